The topological polar surface area (TPSA) is 109 Å². The van der Waals surface area contributed by atoms with Crippen LogP contribution in [0.4, 0.5) is 5.69 Å². The molecule has 0 atom stereocenters. The van der Waals surface area contributed by atoms with Crippen LogP contribution in [0, 0.1) is 15.5 Å². The highest BCUT2D eigenvalue weighted by atomic mass is 35.5. The van der Waals surface area contributed by atoms with E-state index in [9.17, 15) is 14.9 Å². The molecular weight excluding hydrogens is 342 g/mol. The van der Waals surface area contributed by atoms with Crippen molar-refractivity contribution < 1.29 is 14.1 Å². The fourth-order valence-corrected chi connectivity index (χ4v) is 2.85. The second-order valence-corrected chi connectivity index (χ2v) is 5.98. The number of amidine groups is 1. The molecule has 3 rings (SSSR count). The summed E-state index contributed by atoms with van der Waals surface area (Å²) in [6.07, 6.45) is 1.50. The van der Waals surface area contributed by atoms with E-state index in [0.717, 1.165) is 11.8 Å². The Kier molecular flexibility index (Phi) is 3.93. The molecule has 7 nitrogen and oxygen atoms in total. The number of nitrogens with one attached hydrogen (secondary N) is 2. The van der Waals surface area contributed by atoms with E-state index >= 15 is 0 Å². The van der Waals surface area contributed by atoms with E-state index in [1.54, 1.807) is 12.1 Å². The number of nitro benzene ring substituents is 1. The zero-order valence-corrected chi connectivity index (χ0v) is 12.9. The van der Waals surface area contributed by atoms with Crippen molar-refractivity contribution in [2.45, 2.75) is 0 Å². The zero-order chi connectivity index (χ0) is 16.6. The minimum atomic E-state index is -0.517. The highest BCUT2D eigenvalue weighted by molar-refractivity contribution is 8.18. The van der Waals surface area contributed by atoms with Crippen molar-refractivity contribution in [2.24, 2.45) is 0 Å². The van der Waals surface area contributed by atoms with Crippen molar-refractivity contribution in [2.75, 3.05) is 0 Å². The normalized spacial score (nSPS) is 16.0. The van der Waals surface area contributed by atoms with Gasteiger partial charge < -0.3 is 9.73 Å². The van der Waals surface area contributed by atoms with Crippen LogP contribution in [0.3, 0.4) is 0 Å². The predicted molar refractivity (Wildman–Crippen MR) is 87.2 cm³/mol. The first kappa shape index (κ1) is 15.3. The Labute approximate surface area is 139 Å². The van der Waals surface area contributed by atoms with Crippen LogP contribution in [0.15, 0.2) is 39.7 Å². The van der Waals surface area contributed by atoms with Gasteiger partial charge in [0.2, 0.25) is 0 Å². The molecule has 116 valence electrons. The number of nitro groups is 1. The van der Waals surface area contributed by atoms with Gasteiger partial charge in [0, 0.05) is 23.8 Å². The average molecular weight is 350 g/mol. The molecule has 0 saturated carbocycles. The summed E-state index contributed by atoms with van der Waals surface area (Å²) in [4.78, 5) is 22.2. The summed E-state index contributed by atoms with van der Waals surface area (Å²) < 4.78 is 5.58. The lowest BCUT2D eigenvalue weighted by Gasteiger charge is -2.00. The largest absolute Gasteiger partial charge is 0.457 e. The SMILES string of the molecule is N=C1NC(=O)/C(=C/c2ccc(-c3cc([N+](=O)[O-])ccc3Cl)o2)S1. The summed E-state index contributed by atoms with van der Waals surface area (Å²) >= 11 is 7.05. The summed E-state index contributed by atoms with van der Waals surface area (Å²) in [5, 5.41) is 21.0. The molecule has 2 N–H and O–H groups in total. The number of nitrogens with zero attached hydrogens (tertiary/aromatic N) is 1. The number of amides is 1. The highest BCUT2D eigenvalue weighted by Gasteiger charge is 2.23. The number of benzene rings is 1. The lowest BCUT2D eigenvalue weighted by atomic mass is 10.1. The van der Waals surface area contributed by atoms with Crippen LogP contribution in [-0.2, 0) is 4.79 Å². The van der Waals surface area contributed by atoms with Crippen LogP contribution >= 0.6 is 23.4 Å². The number of rotatable bonds is 3. The molecule has 1 aliphatic rings. The first-order valence-electron chi connectivity index (χ1n) is 6.27. The molecule has 1 fully saturated rings. The molecule has 1 aliphatic heterocycles. The second kappa shape index (κ2) is 5.90. The number of hydrogen-bond donors (Lipinski definition) is 2. The number of halogens is 1. The van der Waals surface area contributed by atoms with Gasteiger partial charge in [-0.15, -0.1) is 0 Å². The van der Waals surface area contributed by atoms with Gasteiger partial charge in [0.1, 0.15) is 11.5 Å². The Bertz CT molecular complexity index is 875. The van der Waals surface area contributed by atoms with Crippen molar-refractivity contribution in [1.29, 1.82) is 5.41 Å². The van der Waals surface area contributed by atoms with Crippen LogP contribution in [0.2, 0.25) is 5.02 Å². The first-order chi connectivity index (χ1) is 10.9. The fraction of sp³-hybridized carbons (Fsp3) is 0. The molecule has 1 amide bonds. The molecule has 1 aromatic heterocycles. The van der Waals surface area contributed by atoms with Gasteiger partial charge in [-0.05, 0) is 30.0 Å². The molecule has 23 heavy (non-hydrogen) atoms. The standard InChI is InChI=1S/C14H8ClN3O4S/c15-10-3-1-7(18(20)21)5-9(10)11-4-2-8(22-11)6-12-13(19)17-14(16)23-12/h1-6H,(H2,16,17,19)/b12-6-. The Morgan fingerprint density at radius 2 is 2.13 bits per heavy atom. The Hall–Kier alpha value is -2.58. The lowest BCUT2D eigenvalue weighted by Crippen LogP contribution is -2.18. The van der Waals surface area contributed by atoms with Gasteiger partial charge in [0.05, 0.1) is 14.9 Å². The van der Waals surface area contributed by atoms with Gasteiger partial charge in [-0.1, -0.05) is 11.6 Å². The van der Waals surface area contributed by atoms with Crippen molar-refractivity contribution in [3.8, 4) is 11.3 Å². The van der Waals surface area contributed by atoms with E-state index in [0.29, 0.717) is 27.0 Å². The van der Waals surface area contributed by atoms with E-state index < -0.39 is 4.92 Å². The average Bonchev–Trinajstić information content (AvgIpc) is 3.06. The quantitative estimate of drug-likeness (QED) is 0.499. The van der Waals surface area contributed by atoms with Crippen molar-refractivity contribution in [1.82, 2.24) is 5.32 Å². The van der Waals surface area contributed by atoms with Gasteiger partial charge in [-0.2, -0.15) is 0 Å². The van der Waals surface area contributed by atoms with Crippen LogP contribution in [0.5, 0.6) is 0 Å². The Balaban J connectivity index is 1.95. The van der Waals surface area contributed by atoms with E-state index in [1.165, 1.54) is 24.3 Å². The van der Waals surface area contributed by atoms with E-state index in [2.05, 4.69) is 5.32 Å². The maximum Gasteiger partial charge on any atom is 0.270 e. The minimum absolute atomic E-state index is 0.0507. The summed E-state index contributed by atoms with van der Waals surface area (Å²) in [7, 11) is 0. The smallest absolute Gasteiger partial charge is 0.270 e. The lowest BCUT2D eigenvalue weighted by molar-refractivity contribution is -0.384. The molecule has 9 heteroatoms. The van der Waals surface area contributed by atoms with Crippen molar-refractivity contribution in [3.05, 3.63) is 56.1 Å². The van der Waals surface area contributed by atoms with Crippen LogP contribution in [0.25, 0.3) is 17.4 Å². The molecule has 0 bridgehead atoms. The third kappa shape index (κ3) is 3.13. The van der Waals surface area contributed by atoms with Crippen LogP contribution < -0.4 is 5.32 Å². The second-order valence-electron chi connectivity index (χ2n) is 4.52. The Morgan fingerprint density at radius 1 is 1.35 bits per heavy atom. The third-order valence-electron chi connectivity index (χ3n) is 2.99. The monoisotopic (exact) mass is 349 g/mol. The molecule has 2 aromatic rings. The third-order valence-corrected chi connectivity index (χ3v) is 4.15. The molecule has 0 radical (unpaired) electrons. The van der Waals surface area contributed by atoms with Crippen LogP contribution in [-0.4, -0.2) is 16.0 Å². The van der Waals surface area contributed by atoms with E-state index in [1.807, 2.05) is 0 Å². The highest BCUT2D eigenvalue weighted by Crippen LogP contribution is 2.34. The van der Waals surface area contributed by atoms with Crippen LogP contribution in [0.1, 0.15) is 5.76 Å². The summed E-state index contributed by atoms with van der Waals surface area (Å²) in [5.41, 5.74) is 0.293. The summed E-state index contributed by atoms with van der Waals surface area (Å²) in [6.45, 7) is 0. The molecule has 1 aromatic carbocycles. The van der Waals surface area contributed by atoms with E-state index in [4.69, 9.17) is 21.4 Å². The Morgan fingerprint density at radius 3 is 2.78 bits per heavy atom. The molecule has 0 unspecified atom stereocenters. The maximum absolute atomic E-state index is 11.6. The number of furan rings is 1. The molecule has 0 spiro atoms. The fourth-order valence-electron chi connectivity index (χ4n) is 1.96. The summed E-state index contributed by atoms with van der Waals surface area (Å²) in [5.74, 6) is 0.366. The van der Waals surface area contributed by atoms with Crippen molar-refractivity contribution >= 4 is 46.2 Å². The van der Waals surface area contributed by atoms with Gasteiger partial charge in [0.15, 0.2) is 5.17 Å². The van der Waals surface area contributed by atoms with Gasteiger partial charge in [0.25, 0.3) is 11.6 Å². The number of thioether (sulfide) groups is 1. The number of hydrogen-bond acceptors (Lipinski definition) is 6. The van der Waals surface area contributed by atoms with Gasteiger partial charge in [-0.25, -0.2) is 0 Å². The summed E-state index contributed by atoms with van der Waals surface area (Å²) in [6, 6.07) is 7.29. The van der Waals surface area contributed by atoms with E-state index in [-0.39, 0.29) is 16.8 Å². The molecular formula is C14H8ClN3O4S. The maximum atomic E-state index is 11.6. The molecule has 0 aliphatic carbocycles. The predicted octanol–water partition coefficient (Wildman–Crippen LogP) is 3.65. The van der Waals surface area contributed by atoms with Gasteiger partial charge in [-0.3, -0.25) is 20.3 Å². The number of carbonyl (C=O) groups excluding carboxylic acids is 1. The van der Waals surface area contributed by atoms with Crippen molar-refractivity contribution in [3.63, 3.8) is 0 Å². The van der Waals surface area contributed by atoms with Gasteiger partial charge >= 0.3 is 0 Å². The number of carbonyl (C=O) groups is 1. The molecule has 2 heterocycles. The number of non-ortho nitro benzene ring substituents is 1. The zero-order valence-electron chi connectivity index (χ0n) is 11.3. The molecule has 1 saturated heterocycles. The first-order valence-corrected chi connectivity index (χ1v) is 7.47. The minimum Gasteiger partial charge on any atom is -0.457 e.